The van der Waals surface area contributed by atoms with Crippen molar-refractivity contribution in [1.29, 1.82) is 0 Å². The number of benzene rings is 3. The van der Waals surface area contributed by atoms with Crippen molar-refractivity contribution in [1.82, 2.24) is 9.97 Å². The van der Waals surface area contributed by atoms with Crippen LogP contribution in [0.2, 0.25) is 5.02 Å². The first-order valence-corrected chi connectivity index (χ1v) is 10.6. The van der Waals surface area contributed by atoms with E-state index in [0.29, 0.717) is 39.0 Å². The number of carboxylic acid groups (broad SMARTS) is 1. The van der Waals surface area contributed by atoms with Gasteiger partial charge in [-0.15, -0.1) is 0 Å². The Labute approximate surface area is 205 Å². The maximum atomic E-state index is 14.7. The Morgan fingerprint density at radius 1 is 1.06 bits per heavy atom. The van der Waals surface area contributed by atoms with E-state index in [9.17, 15) is 14.3 Å². The van der Waals surface area contributed by atoms with E-state index in [1.165, 1.54) is 30.3 Å². The molecule has 7 nitrogen and oxygen atoms in total. The first kappa shape index (κ1) is 23.8. The molecule has 0 unspecified atom stereocenters. The summed E-state index contributed by atoms with van der Waals surface area (Å²) in [6.45, 7) is 0.165. The molecule has 1 aromatic heterocycles. The molecule has 9 heteroatoms. The molecule has 2 heterocycles. The van der Waals surface area contributed by atoms with E-state index in [1.54, 1.807) is 36.5 Å². The lowest BCUT2D eigenvalue weighted by molar-refractivity contribution is 0.0697. The van der Waals surface area contributed by atoms with Gasteiger partial charge in [-0.2, -0.15) is 0 Å². The molecule has 0 radical (unpaired) electrons. The van der Waals surface area contributed by atoms with Gasteiger partial charge in [0.25, 0.3) is 0 Å². The summed E-state index contributed by atoms with van der Waals surface area (Å²) in [5, 5.41) is 22.9. The van der Waals surface area contributed by atoms with Gasteiger partial charge in [-0.3, -0.25) is 4.99 Å². The first-order valence-electron chi connectivity index (χ1n) is 10.2. The number of carbonyl (C=O) groups is 1. The number of carboxylic acids is 1. The minimum atomic E-state index is -1.01. The van der Waals surface area contributed by atoms with Gasteiger partial charge in [-0.25, -0.2) is 19.2 Å². The summed E-state index contributed by atoms with van der Waals surface area (Å²) in [5.74, 6) is -1.55. The minimum absolute atomic E-state index is 0. The maximum Gasteiger partial charge on any atom is 0.335 e. The van der Waals surface area contributed by atoms with Gasteiger partial charge in [0.1, 0.15) is 11.6 Å². The molecule has 1 aliphatic heterocycles. The monoisotopic (exact) mass is 490 g/mol. The highest BCUT2D eigenvalue weighted by atomic mass is 35.5. The van der Waals surface area contributed by atoms with Crippen LogP contribution in [0.3, 0.4) is 0 Å². The molecule has 5 rings (SSSR count). The molecule has 0 bridgehead atoms. The van der Waals surface area contributed by atoms with Crippen LogP contribution in [-0.2, 0) is 6.54 Å². The number of phenolic OH excluding ortho intramolecular Hbond substituents is 1. The number of nitrogens with zero attached hydrogens (tertiary/aromatic N) is 3. The SMILES string of the molecule is C.O=C(O)c1ccc(Nc2ncc3c(n2)-c2ccc(Cl)cc2C(c2c(O)cccc2F)=NC3)cc1. The van der Waals surface area contributed by atoms with Crippen molar-refractivity contribution in [3.8, 4) is 17.0 Å². The van der Waals surface area contributed by atoms with Gasteiger partial charge in [0, 0.05) is 33.6 Å². The highest BCUT2D eigenvalue weighted by Crippen LogP contribution is 2.36. The topological polar surface area (TPSA) is 108 Å². The van der Waals surface area contributed by atoms with Crippen molar-refractivity contribution in [2.24, 2.45) is 4.99 Å². The number of phenols is 1. The second-order valence-electron chi connectivity index (χ2n) is 7.56. The van der Waals surface area contributed by atoms with Gasteiger partial charge in [0.15, 0.2) is 0 Å². The number of anilines is 2. The number of fused-ring (bicyclic) bond motifs is 3. The standard InChI is InChI=1S/C25H16ClFN4O3.CH4/c26-15-6-9-17-18(10-15)23(21-19(27)2-1-3-20(21)32)28-11-14-12-29-25(31-22(14)17)30-16-7-4-13(5-8-16)24(33)34;/h1-10,12,32H,11H2,(H,33,34)(H,29,30,31);1H4. The smallest absolute Gasteiger partial charge is 0.335 e. The predicted molar refractivity (Wildman–Crippen MR) is 133 cm³/mol. The summed E-state index contributed by atoms with van der Waals surface area (Å²) in [4.78, 5) is 24.7. The average molecular weight is 491 g/mol. The van der Waals surface area contributed by atoms with Gasteiger partial charge in [0.2, 0.25) is 5.95 Å². The fourth-order valence-corrected chi connectivity index (χ4v) is 3.94. The first-order chi connectivity index (χ1) is 16.4. The molecule has 0 fully saturated rings. The summed E-state index contributed by atoms with van der Waals surface area (Å²) in [7, 11) is 0. The van der Waals surface area contributed by atoms with Crippen LogP contribution in [0.4, 0.5) is 16.0 Å². The third-order valence-corrected chi connectivity index (χ3v) is 5.62. The Kier molecular flexibility index (Phi) is 6.48. The molecule has 0 spiro atoms. The molecular weight excluding hydrogens is 471 g/mol. The van der Waals surface area contributed by atoms with Crippen molar-refractivity contribution >= 4 is 34.9 Å². The summed E-state index contributed by atoms with van der Waals surface area (Å²) < 4.78 is 14.7. The molecule has 176 valence electrons. The normalized spacial score (nSPS) is 11.9. The number of halogens is 2. The third kappa shape index (κ3) is 4.56. The molecule has 0 amide bonds. The van der Waals surface area contributed by atoms with Crippen molar-refractivity contribution in [3.05, 3.63) is 100.0 Å². The van der Waals surface area contributed by atoms with E-state index in [2.05, 4.69) is 20.3 Å². The van der Waals surface area contributed by atoms with Crippen molar-refractivity contribution in [2.45, 2.75) is 14.0 Å². The lowest BCUT2D eigenvalue weighted by Crippen LogP contribution is -2.08. The molecule has 3 aromatic carbocycles. The Morgan fingerprint density at radius 2 is 1.83 bits per heavy atom. The Balaban J connectivity index is 0.00000289. The number of hydrogen-bond acceptors (Lipinski definition) is 6. The number of aromatic carboxylic acids is 1. The molecule has 1 aliphatic rings. The summed E-state index contributed by atoms with van der Waals surface area (Å²) in [5.41, 5.74) is 3.52. The summed E-state index contributed by atoms with van der Waals surface area (Å²) in [6, 6.07) is 15.4. The highest BCUT2D eigenvalue weighted by molar-refractivity contribution is 6.31. The van der Waals surface area contributed by atoms with E-state index in [-0.39, 0.29) is 36.6 Å². The second kappa shape index (κ2) is 9.52. The Morgan fingerprint density at radius 3 is 2.54 bits per heavy atom. The van der Waals surface area contributed by atoms with E-state index in [4.69, 9.17) is 16.7 Å². The van der Waals surface area contributed by atoms with E-state index < -0.39 is 11.8 Å². The zero-order chi connectivity index (χ0) is 23.8. The van der Waals surface area contributed by atoms with Crippen LogP contribution in [0.25, 0.3) is 11.3 Å². The summed E-state index contributed by atoms with van der Waals surface area (Å²) >= 11 is 6.26. The van der Waals surface area contributed by atoms with Gasteiger partial charge >= 0.3 is 5.97 Å². The third-order valence-electron chi connectivity index (χ3n) is 5.38. The number of aromatic hydroxyl groups is 1. The molecule has 0 saturated heterocycles. The lowest BCUT2D eigenvalue weighted by Gasteiger charge is -2.14. The molecule has 4 aromatic rings. The Hall–Kier alpha value is -4.30. The van der Waals surface area contributed by atoms with Crippen molar-refractivity contribution in [3.63, 3.8) is 0 Å². The van der Waals surface area contributed by atoms with Gasteiger partial charge in [-0.1, -0.05) is 31.2 Å². The second-order valence-corrected chi connectivity index (χ2v) is 8.00. The van der Waals surface area contributed by atoms with Gasteiger partial charge in [-0.05, 0) is 48.5 Å². The van der Waals surface area contributed by atoms with E-state index in [1.807, 2.05) is 0 Å². The van der Waals surface area contributed by atoms with Crippen molar-refractivity contribution < 1.29 is 19.4 Å². The van der Waals surface area contributed by atoms with E-state index >= 15 is 0 Å². The van der Waals surface area contributed by atoms with Crippen LogP contribution in [0, 0.1) is 5.82 Å². The van der Waals surface area contributed by atoms with Gasteiger partial charge in [0.05, 0.1) is 29.1 Å². The zero-order valence-corrected chi connectivity index (χ0v) is 18.2. The molecule has 3 N–H and O–H groups in total. The van der Waals surface area contributed by atoms with Crippen molar-refractivity contribution in [2.75, 3.05) is 5.32 Å². The number of aliphatic imine (C=N–C) groups is 1. The number of nitrogens with one attached hydrogen (secondary N) is 1. The average Bonchev–Trinajstić information content (AvgIpc) is 2.96. The molecule has 0 saturated carbocycles. The van der Waals surface area contributed by atoms with Crippen LogP contribution in [0.1, 0.15) is 34.5 Å². The number of hydrogen-bond donors (Lipinski definition) is 3. The van der Waals surface area contributed by atoms with Crippen LogP contribution in [0.15, 0.2) is 71.9 Å². The van der Waals surface area contributed by atoms with Gasteiger partial charge < -0.3 is 15.5 Å². The maximum absolute atomic E-state index is 14.7. The number of aromatic nitrogens is 2. The minimum Gasteiger partial charge on any atom is -0.507 e. The van der Waals surface area contributed by atoms with Crippen LogP contribution in [0.5, 0.6) is 5.75 Å². The molecule has 0 aliphatic carbocycles. The van der Waals surface area contributed by atoms with Crippen LogP contribution in [-0.4, -0.2) is 31.9 Å². The fourth-order valence-electron chi connectivity index (χ4n) is 3.77. The summed E-state index contributed by atoms with van der Waals surface area (Å²) in [6.07, 6.45) is 1.63. The quantitative estimate of drug-likeness (QED) is 0.320. The van der Waals surface area contributed by atoms with Crippen LogP contribution < -0.4 is 5.32 Å². The molecular formula is C26H20ClFN4O3. The highest BCUT2D eigenvalue weighted by Gasteiger charge is 2.25. The fraction of sp³-hybridized carbons (Fsp3) is 0.0769. The Bertz CT molecular complexity index is 1450. The lowest BCUT2D eigenvalue weighted by atomic mass is 9.94. The largest absolute Gasteiger partial charge is 0.507 e. The molecule has 35 heavy (non-hydrogen) atoms. The zero-order valence-electron chi connectivity index (χ0n) is 17.5. The van der Waals surface area contributed by atoms with E-state index in [0.717, 1.165) is 0 Å². The van der Waals surface area contributed by atoms with Crippen LogP contribution >= 0.6 is 11.6 Å². The number of rotatable bonds is 4. The predicted octanol–water partition coefficient (Wildman–Crippen LogP) is 6.07. The molecule has 0 atom stereocenters.